The van der Waals surface area contributed by atoms with E-state index in [9.17, 15) is 0 Å². The van der Waals surface area contributed by atoms with Crippen molar-refractivity contribution in [2.45, 2.75) is 31.6 Å². The maximum Gasteiger partial charge on any atom is 0.180 e. The smallest absolute Gasteiger partial charge is 0.180 e. The summed E-state index contributed by atoms with van der Waals surface area (Å²) in [6.45, 7) is 4.01. The summed E-state index contributed by atoms with van der Waals surface area (Å²) in [5, 5.41) is 0. The Morgan fingerprint density at radius 2 is 2.50 bits per heavy atom. The molecule has 1 aliphatic rings. The van der Waals surface area contributed by atoms with Crippen molar-refractivity contribution in [2.24, 2.45) is 0 Å². The van der Waals surface area contributed by atoms with Crippen LogP contribution in [0.4, 0.5) is 0 Å². The van der Waals surface area contributed by atoms with E-state index in [1.54, 1.807) is 0 Å². The van der Waals surface area contributed by atoms with E-state index >= 15 is 0 Å². The molecule has 1 fully saturated rings. The topological polar surface area (TPSA) is 26.0 Å². The number of oxazole rings is 1. The Morgan fingerprint density at radius 1 is 1.58 bits per heavy atom. The summed E-state index contributed by atoms with van der Waals surface area (Å²) >= 11 is 0. The minimum absolute atomic E-state index is 0.536. The number of hydrogen-bond acceptors (Lipinski definition) is 2. The summed E-state index contributed by atoms with van der Waals surface area (Å²) in [5.74, 6) is 1.56. The molecule has 2 rings (SSSR count). The summed E-state index contributed by atoms with van der Waals surface area (Å²) in [5.41, 5.74) is 1.35. The third-order valence-corrected chi connectivity index (χ3v) is 2.47. The lowest BCUT2D eigenvalue weighted by Crippen LogP contribution is -2.05. The van der Waals surface area contributed by atoms with Gasteiger partial charge in [-0.2, -0.15) is 0 Å². The largest absolute Gasteiger partial charge is 0.448 e. The number of aromatic nitrogens is 1. The highest BCUT2D eigenvalue weighted by Gasteiger charge is 2.19. The van der Waals surface area contributed by atoms with Crippen molar-refractivity contribution in [1.82, 2.24) is 4.98 Å². The molecular weight excluding hydrogens is 150 g/mol. The van der Waals surface area contributed by atoms with Crippen LogP contribution in [-0.4, -0.2) is 4.98 Å². The molecule has 1 aliphatic carbocycles. The van der Waals surface area contributed by atoms with Gasteiger partial charge in [-0.25, -0.2) is 4.98 Å². The minimum atomic E-state index is 0.536. The molecule has 0 aromatic carbocycles. The molecule has 1 aromatic heterocycles. The fourth-order valence-electron chi connectivity index (χ4n) is 1.82. The van der Waals surface area contributed by atoms with Crippen molar-refractivity contribution in [1.29, 1.82) is 0 Å². The second-order valence-electron chi connectivity index (χ2n) is 3.45. The van der Waals surface area contributed by atoms with Crippen LogP contribution in [0.2, 0.25) is 0 Å². The van der Waals surface area contributed by atoms with Gasteiger partial charge in [0.1, 0.15) is 5.76 Å². The van der Waals surface area contributed by atoms with Crippen molar-refractivity contribution in [3.05, 3.63) is 30.5 Å². The lowest BCUT2D eigenvalue weighted by atomic mass is 9.85. The van der Waals surface area contributed by atoms with Gasteiger partial charge >= 0.3 is 0 Å². The number of allylic oxidation sites excluding steroid dienone is 1. The SMILES string of the molecule is C=C1CCCC(c2cnco2)C1. The molecule has 2 heteroatoms. The maximum atomic E-state index is 5.27. The Morgan fingerprint density at radius 3 is 3.17 bits per heavy atom. The normalized spacial score (nSPS) is 24.3. The first-order valence-corrected chi connectivity index (χ1v) is 4.41. The molecule has 0 bridgehead atoms. The van der Waals surface area contributed by atoms with Crippen LogP contribution < -0.4 is 0 Å². The van der Waals surface area contributed by atoms with Gasteiger partial charge in [0.15, 0.2) is 6.39 Å². The van der Waals surface area contributed by atoms with E-state index in [0.29, 0.717) is 5.92 Å². The quantitative estimate of drug-likeness (QED) is 0.595. The second-order valence-corrected chi connectivity index (χ2v) is 3.45. The number of hydrogen-bond donors (Lipinski definition) is 0. The molecular formula is C10H13NO. The second kappa shape index (κ2) is 3.13. The van der Waals surface area contributed by atoms with Crippen molar-refractivity contribution in [3.63, 3.8) is 0 Å². The van der Waals surface area contributed by atoms with Crippen LogP contribution in [0.5, 0.6) is 0 Å². The van der Waals surface area contributed by atoms with Crippen LogP contribution in [0, 0.1) is 0 Å². The molecule has 0 radical (unpaired) electrons. The van der Waals surface area contributed by atoms with Crippen LogP contribution in [0.1, 0.15) is 37.4 Å². The van der Waals surface area contributed by atoms with E-state index in [-0.39, 0.29) is 0 Å². The highest BCUT2D eigenvalue weighted by atomic mass is 16.3. The molecule has 64 valence electrons. The van der Waals surface area contributed by atoms with Gasteiger partial charge in [0.05, 0.1) is 6.20 Å². The van der Waals surface area contributed by atoms with Crippen LogP contribution in [0.25, 0.3) is 0 Å². The molecule has 0 spiro atoms. The molecule has 1 atom stereocenters. The maximum absolute atomic E-state index is 5.27. The van der Waals surface area contributed by atoms with Crippen molar-refractivity contribution in [2.75, 3.05) is 0 Å². The first-order valence-electron chi connectivity index (χ1n) is 4.41. The molecule has 1 heterocycles. The Hall–Kier alpha value is -1.05. The van der Waals surface area contributed by atoms with Crippen LogP contribution in [0.3, 0.4) is 0 Å². The number of nitrogens with zero attached hydrogens (tertiary/aromatic N) is 1. The third-order valence-electron chi connectivity index (χ3n) is 2.47. The standard InChI is InChI=1S/C10H13NO/c1-8-3-2-4-9(5-8)10-6-11-7-12-10/h6-7,9H,1-5H2. The molecule has 0 N–H and O–H groups in total. The van der Waals surface area contributed by atoms with Gasteiger partial charge in [-0.3, -0.25) is 0 Å². The molecule has 0 amide bonds. The monoisotopic (exact) mass is 163 g/mol. The zero-order chi connectivity index (χ0) is 8.39. The Labute approximate surface area is 72.3 Å². The van der Waals surface area contributed by atoms with E-state index in [1.807, 2.05) is 6.20 Å². The minimum Gasteiger partial charge on any atom is -0.448 e. The van der Waals surface area contributed by atoms with E-state index in [2.05, 4.69) is 11.6 Å². The first kappa shape index (κ1) is 7.59. The van der Waals surface area contributed by atoms with Crippen molar-refractivity contribution in [3.8, 4) is 0 Å². The van der Waals surface area contributed by atoms with Gasteiger partial charge in [-0.05, 0) is 25.7 Å². The summed E-state index contributed by atoms with van der Waals surface area (Å²) in [6.07, 6.45) is 8.05. The number of rotatable bonds is 1. The first-order chi connectivity index (χ1) is 5.86. The zero-order valence-corrected chi connectivity index (χ0v) is 7.12. The highest BCUT2D eigenvalue weighted by molar-refractivity contribution is 5.10. The summed E-state index contributed by atoms with van der Waals surface area (Å²) < 4.78 is 5.27. The molecule has 12 heavy (non-hydrogen) atoms. The summed E-state index contributed by atoms with van der Waals surface area (Å²) in [7, 11) is 0. The van der Waals surface area contributed by atoms with Crippen LogP contribution in [0.15, 0.2) is 29.2 Å². The highest BCUT2D eigenvalue weighted by Crippen LogP contribution is 2.34. The van der Waals surface area contributed by atoms with Crippen LogP contribution >= 0.6 is 0 Å². The molecule has 1 unspecified atom stereocenters. The van der Waals surface area contributed by atoms with Gasteiger partial charge in [0, 0.05) is 5.92 Å². The van der Waals surface area contributed by atoms with Crippen molar-refractivity contribution < 1.29 is 4.42 Å². The van der Waals surface area contributed by atoms with Crippen molar-refractivity contribution >= 4 is 0 Å². The third kappa shape index (κ3) is 1.42. The van der Waals surface area contributed by atoms with Gasteiger partial charge in [0.25, 0.3) is 0 Å². The molecule has 0 saturated heterocycles. The average Bonchev–Trinajstić information content (AvgIpc) is 2.56. The predicted octanol–water partition coefficient (Wildman–Crippen LogP) is 2.89. The fraction of sp³-hybridized carbons (Fsp3) is 0.500. The Balaban J connectivity index is 2.09. The molecule has 1 saturated carbocycles. The summed E-state index contributed by atoms with van der Waals surface area (Å²) in [6, 6.07) is 0. The van der Waals surface area contributed by atoms with Gasteiger partial charge in [-0.1, -0.05) is 12.2 Å². The lowest BCUT2D eigenvalue weighted by molar-refractivity contribution is 0.413. The van der Waals surface area contributed by atoms with E-state index < -0.39 is 0 Å². The molecule has 2 nitrogen and oxygen atoms in total. The van der Waals surface area contributed by atoms with Gasteiger partial charge < -0.3 is 4.42 Å². The zero-order valence-electron chi connectivity index (χ0n) is 7.12. The lowest BCUT2D eigenvalue weighted by Gasteiger charge is -2.20. The predicted molar refractivity (Wildman–Crippen MR) is 46.9 cm³/mol. The molecule has 1 aromatic rings. The summed E-state index contributed by atoms with van der Waals surface area (Å²) in [4.78, 5) is 3.93. The van der Waals surface area contributed by atoms with Gasteiger partial charge in [0.2, 0.25) is 0 Å². The molecule has 0 aliphatic heterocycles. The Kier molecular flexibility index (Phi) is 1.98. The van der Waals surface area contributed by atoms with Crippen LogP contribution in [-0.2, 0) is 0 Å². The van der Waals surface area contributed by atoms with Gasteiger partial charge in [-0.15, -0.1) is 0 Å². The fourth-order valence-corrected chi connectivity index (χ4v) is 1.82. The van der Waals surface area contributed by atoms with E-state index in [4.69, 9.17) is 4.42 Å². The average molecular weight is 163 g/mol. The van der Waals surface area contributed by atoms with E-state index in [0.717, 1.165) is 12.2 Å². The van der Waals surface area contributed by atoms with E-state index in [1.165, 1.54) is 31.2 Å². The Bertz CT molecular complexity index is 263.